The topological polar surface area (TPSA) is 109 Å². The number of aromatic nitrogens is 3. The van der Waals surface area contributed by atoms with E-state index >= 15 is 0 Å². The maximum Gasteiger partial charge on any atom is 0.303 e. The Labute approximate surface area is 177 Å². The van der Waals surface area contributed by atoms with Gasteiger partial charge >= 0.3 is 5.97 Å². The lowest BCUT2D eigenvalue weighted by molar-refractivity contribution is -0.138. The van der Waals surface area contributed by atoms with Crippen molar-refractivity contribution in [1.82, 2.24) is 14.8 Å². The smallest absolute Gasteiger partial charge is 0.303 e. The van der Waals surface area contributed by atoms with Crippen molar-refractivity contribution in [3.63, 3.8) is 0 Å². The number of fused-ring (bicyclic) bond motifs is 1. The largest absolute Gasteiger partial charge is 0.481 e. The second kappa shape index (κ2) is 8.38. The van der Waals surface area contributed by atoms with E-state index in [1.165, 1.54) is 0 Å². The van der Waals surface area contributed by atoms with Crippen LogP contribution in [-0.2, 0) is 9.59 Å². The Bertz CT molecular complexity index is 1110. The van der Waals surface area contributed by atoms with Gasteiger partial charge < -0.3 is 10.4 Å². The molecular weight excluding hydrogens is 406 g/mol. The van der Waals surface area contributed by atoms with Crippen LogP contribution >= 0.6 is 11.6 Å². The second-order valence-corrected chi connectivity index (χ2v) is 7.15. The standard InChI is InChI=1S/C21H18ClN5O3/c22-15-8-6-14(7-9-15)17-12-16(13-4-2-1-3-5-13)23-21-25-20(26-27(17)21)24-18(28)10-11-19(29)30/h1-9,12,17H,10-11H2,(H,29,30)(H2,23,24,25,26,28). The summed E-state index contributed by atoms with van der Waals surface area (Å²) in [6.07, 6.45) is 1.61. The number of carbonyl (C=O) groups excluding carboxylic acids is 1. The monoisotopic (exact) mass is 423 g/mol. The molecule has 0 saturated heterocycles. The molecule has 0 bridgehead atoms. The number of aliphatic carboxylic acids is 1. The fraction of sp³-hybridized carbons (Fsp3) is 0.143. The molecular formula is C21H18ClN5O3. The van der Waals surface area contributed by atoms with E-state index in [1.807, 2.05) is 48.5 Å². The van der Waals surface area contributed by atoms with Crippen LogP contribution in [0.4, 0.5) is 11.9 Å². The van der Waals surface area contributed by atoms with E-state index in [2.05, 4.69) is 20.7 Å². The number of amides is 1. The summed E-state index contributed by atoms with van der Waals surface area (Å²) in [4.78, 5) is 27.0. The molecule has 2 heterocycles. The summed E-state index contributed by atoms with van der Waals surface area (Å²) >= 11 is 6.04. The first-order valence-corrected chi connectivity index (χ1v) is 9.65. The summed E-state index contributed by atoms with van der Waals surface area (Å²) in [7, 11) is 0. The number of allylic oxidation sites excluding steroid dienone is 1. The minimum Gasteiger partial charge on any atom is -0.481 e. The molecule has 0 radical (unpaired) electrons. The fourth-order valence-electron chi connectivity index (χ4n) is 3.14. The summed E-state index contributed by atoms with van der Waals surface area (Å²) in [5.41, 5.74) is 2.79. The van der Waals surface area contributed by atoms with Crippen LogP contribution in [0, 0.1) is 0 Å². The Morgan fingerprint density at radius 3 is 2.53 bits per heavy atom. The Hall–Kier alpha value is -3.65. The molecule has 4 rings (SSSR count). The third-order valence-electron chi connectivity index (χ3n) is 4.58. The van der Waals surface area contributed by atoms with Crippen LogP contribution in [0.25, 0.3) is 5.70 Å². The number of nitrogens with zero attached hydrogens (tertiary/aromatic N) is 3. The lowest BCUT2D eigenvalue weighted by atomic mass is 10.0. The predicted molar refractivity (Wildman–Crippen MR) is 113 cm³/mol. The molecule has 8 nitrogen and oxygen atoms in total. The zero-order valence-corrected chi connectivity index (χ0v) is 16.5. The highest BCUT2D eigenvalue weighted by atomic mass is 35.5. The average Bonchev–Trinajstić information content (AvgIpc) is 3.15. The minimum absolute atomic E-state index is 0.106. The van der Waals surface area contributed by atoms with E-state index in [0.717, 1.165) is 16.8 Å². The number of carboxylic acid groups (broad SMARTS) is 1. The predicted octanol–water partition coefficient (Wildman–Crippen LogP) is 3.79. The van der Waals surface area contributed by atoms with Crippen molar-refractivity contribution in [1.29, 1.82) is 0 Å². The number of rotatable bonds is 6. The maximum absolute atomic E-state index is 12.0. The molecule has 1 atom stereocenters. The first kappa shape index (κ1) is 19.7. The average molecular weight is 424 g/mol. The highest BCUT2D eigenvalue weighted by Gasteiger charge is 2.25. The molecule has 9 heteroatoms. The van der Waals surface area contributed by atoms with Crippen molar-refractivity contribution < 1.29 is 14.7 Å². The molecule has 1 aromatic heterocycles. The van der Waals surface area contributed by atoms with Crippen LogP contribution in [0.15, 0.2) is 60.7 Å². The number of hydrogen-bond donors (Lipinski definition) is 3. The van der Waals surface area contributed by atoms with Crippen molar-refractivity contribution >= 4 is 41.1 Å². The third-order valence-corrected chi connectivity index (χ3v) is 4.83. The van der Waals surface area contributed by atoms with Gasteiger partial charge in [0.15, 0.2) is 0 Å². The van der Waals surface area contributed by atoms with Gasteiger partial charge in [0.2, 0.25) is 11.9 Å². The molecule has 1 aliphatic heterocycles. The first-order valence-electron chi connectivity index (χ1n) is 9.27. The lowest BCUT2D eigenvalue weighted by Crippen LogP contribution is -2.20. The molecule has 3 aromatic rings. The molecule has 1 unspecified atom stereocenters. The van der Waals surface area contributed by atoms with Crippen LogP contribution in [0.5, 0.6) is 0 Å². The zero-order valence-electron chi connectivity index (χ0n) is 15.7. The first-order chi connectivity index (χ1) is 14.5. The molecule has 0 fully saturated rings. The van der Waals surface area contributed by atoms with Gasteiger partial charge in [-0.15, -0.1) is 5.10 Å². The SMILES string of the molecule is O=C(O)CCC(=O)Nc1nc2n(n1)C(c1ccc(Cl)cc1)C=C(c1ccccc1)N2. The molecule has 1 aliphatic rings. The van der Waals surface area contributed by atoms with Gasteiger partial charge in [-0.3, -0.25) is 14.9 Å². The Morgan fingerprint density at radius 1 is 1.10 bits per heavy atom. The summed E-state index contributed by atoms with van der Waals surface area (Å²) in [5, 5.41) is 19.6. The summed E-state index contributed by atoms with van der Waals surface area (Å²) in [6, 6.07) is 17.0. The summed E-state index contributed by atoms with van der Waals surface area (Å²) < 4.78 is 1.67. The molecule has 0 saturated carbocycles. The highest BCUT2D eigenvalue weighted by molar-refractivity contribution is 6.30. The summed E-state index contributed by atoms with van der Waals surface area (Å²) in [6.45, 7) is 0. The van der Waals surface area contributed by atoms with E-state index in [-0.39, 0.29) is 24.8 Å². The number of carboxylic acids is 1. The number of benzene rings is 2. The zero-order chi connectivity index (χ0) is 21.1. The number of carbonyl (C=O) groups is 2. The molecule has 3 N–H and O–H groups in total. The van der Waals surface area contributed by atoms with Gasteiger partial charge in [-0.1, -0.05) is 54.1 Å². The number of hydrogen-bond acceptors (Lipinski definition) is 5. The van der Waals surface area contributed by atoms with Crippen LogP contribution in [0.2, 0.25) is 5.02 Å². The van der Waals surface area contributed by atoms with Crippen LogP contribution in [0.3, 0.4) is 0 Å². The molecule has 0 spiro atoms. The second-order valence-electron chi connectivity index (χ2n) is 6.71. The van der Waals surface area contributed by atoms with Gasteiger partial charge in [-0.05, 0) is 29.3 Å². The van der Waals surface area contributed by atoms with Crippen molar-refractivity contribution in [2.24, 2.45) is 0 Å². The van der Waals surface area contributed by atoms with E-state index in [9.17, 15) is 9.59 Å². The van der Waals surface area contributed by atoms with E-state index in [0.29, 0.717) is 11.0 Å². The normalized spacial score (nSPS) is 15.0. The van der Waals surface area contributed by atoms with Crippen molar-refractivity contribution in [2.45, 2.75) is 18.9 Å². The van der Waals surface area contributed by atoms with Crippen LogP contribution in [-0.4, -0.2) is 31.7 Å². The molecule has 2 aromatic carbocycles. The van der Waals surface area contributed by atoms with Gasteiger partial charge in [0.1, 0.15) is 6.04 Å². The number of halogens is 1. The van der Waals surface area contributed by atoms with Gasteiger partial charge in [0.25, 0.3) is 5.95 Å². The lowest BCUT2D eigenvalue weighted by Gasteiger charge is -2.24. The van der Waals surface area contributed by atoms with Gasteiger partial charge in [0, 0.05) is 17.1 Å². The van der Waals surface area contributed by atoms with E-state index in [4.69, 9.17) is 16.7 Å². The van der Waals surface area contributed by atoms with E-state index < -0.39 is 11.9 Å². The molecule has 0 aliphatic carbocycles. The summed E-state index contributed by atoms with van der Waals surface area (Å²) in [5.74, 6) is -0.928. The molecule has 30 heavy (non-hydrogen) atoms. The fourth-order valence-corrected chi connectivity index (χ4v) is 3.26. The van der Waals surface area contributed by atoms with Crippen molar-refractivity contribution in [3.05, 3.63) is 76.8 Å². The molecule has 152 valence electrons. The Kier molecular flexibility index (Phi) is 5.49. The van der Waals surface area contributed by atoms with Crippen molar-refractivity contribution in [2.75, 3.05) is 10.6 Å². The van der Waals surface area contributed by atoms with Crippen molar-refractivity contribution in [3.8, 4) is 0 Å². The van der Waals surface area contributed by atoms with Gasteiger partial charge in [-0.25, -0.2) is 4.68 Å². The van der Waals surface area contributed by atoms with Gasteiger partial charge in [0.05, 0.1) is 6.42 Å². The number of anilines is 2. The van der Waals surface area contributed by atoms with Gasteiger partial charge in [-0.2, -0.15) is 4.98 Å². The van der Waals surface area contributed by atoms with E-state index in [1.54, 1.807) is 16.8 Å². The minimum atomic E-state index is -1.04. The quantitative estimate of drug-likeness (QED) is 0.556. The highest BCUT2D eigenvalue weighted by Crippen LogP contribution is 2.33. The third kappa shape index (κ3) is 4.33. The van der Waals surface area contributed by atoms with Crippen LogP contribution < -0.4 is 10.6 Å². The maximum atomic E-state index is 12.0. The van der Waals surface area contributed by atoms with Crippen LogP contribution in [0.1, 0.15) is 30.0 Å². The Balaban J connectivity index is 1.66. The molecule has 1 amide bonds. The Morgan fingerprint density at radius 2 is 1.83 bits per heavy atom. The number of nitrogens with one attached hydrogen (secondary N) is 2.